The molecule has 0 radical (unpaired) electrons. The molecule has 0 saturated carbocycles. The number of benzene rings is 1. The van der Waals surface area contributed by atoms with Crippen LogP contribution in [0.1, 0.15) is 38.2 Å². The molecule has 1 aromatic carbocycles. The van der Waals surface area contributed by atoms with Crippen LogP contribution < -0.4 is 0 Å². The highest BCUT2D eigenvalue weighted by atomic mass is 16.2. The topological polar surface area (TPSA) is 39.3 Å². The zero-order valence-electron chi connectivity index (χ0n) is 14.5. The number of likely N-dealkylation sites (tertiary alicyclic amines) is 2. The van der Waals surface area contributed by atoms with Crippen molar-refractivity contribution in [3.05, 3.63) is 36.0 Å². The van der Waals surface area contributed by atoms with Crippen molar-refractivity contribution in [3.63, 3.8) is 0 Å². The second-order valence-electron chi connectivity index (χ2n) is 7.17. The van der Waals surface area contributed by atoms with Crippen LogP contribution in [0.2, 0.25) is 0 Å². The van der Waals surface area contributed by atoms with Crippen molar-refractivity contribution in [2.75, 3.05) is 19.6 Å². The smallest absolute Gasteiger partial charge is 0.227 e. The van der Waals surface area contributed by atoms with Gasteiger partial charge in [-0.3, -0.25) is 9.69 Å². The number of nitrogens with one attached hydrogen (secondary N) is 1. The summed E-state index contributed by atoms with van der Waals surface area (Å²) in [5, 5.41) is 1.18. The van der Waals surface area contributed by atoms with Gasteiger partial charge >= 0.3 is 0 Å². The Morgan fingerprint density at radius 3 is 2.83 bits per heavy atom. The van der Waals surface area contributed by atoms with E-state index in [4.69, 9.17) is 0 Å². The number of fused-ring (bicyclic) bond motifs is 1. The zero-order valence-corrected chi connectivity index (χ0v) is 14.5. The number of hydrogen-bond acceptors (Lipinski definition) is 2. The summed E-state index contributed by atoms with van der Waals surface area (Å²) in [4.78, 5) is 21.1. The fourth-order valence-corrected chi connectivity index (χ4v) is 4.72. The number of hydrogen-bond donors (Lipinski definition) is 1. The molecule has 4 nitrogen and oxygen atoms in total. The lowest BCUT2D eigenvalue weighted by Crippen LogP contribution is -2.48. The SMILES string of the molecule is CCN1CCCC1C1CCCN1C(=O)Cc1c[nH]c2ccccc12. The molecule has 2 aromatic rings. The first-order valence-corrected chi connectivity index (χ1v) is 9.36. The largest absolute Gasteiger partial charge is 0.361 e. The van der Waals surface area contributed by atoms with E-state index >= 15 is 0 Å². The Balaban J connectivity index is 1.51. The standard InChI is InChI=1S/C20H27N3O/c1-2-22-11-5-9-18(22)19-10-6-12-23(19)20(24)13-15-14-21-17-8-4-3-7-16(15)17/h3-4,7-8,14,18-19,21H,2,5-6,9-13H2,1H3. The number of nitrogens with zero attached hydrogens (tertiary/aromatic N) is 2. The summed E-state index contributed by atoms with van der Waals surface area (Å²) in [6.07, 6.45) is 7.36. The van der Waals surface area contributed by atoms with E-state index in [1.807, 2.05) is 18.3 Å². The fraction of sp³-hybridized carbons (Fsp3) is 0.550. The van der Waals surface area contributed by atoms with Gasteiger partial charge in [0.05, 0.1) is 6.42 Å². The summed E-state index contributed by atoms with van der Waals surface area (Å²) in [7, 11) is 0. The van der Waals surface area contributed by atoms with Gasteiger partial charge in [0.1, 0.15) is 0 Å². The summed E-state index contributed by atoms with van der Waals surface area (Å²) in [6.45, 7) is 5.47. The summed E-state index contributed by atoms with van der Waals surface area (Å²) >= 11 is 0. The van der Waals surface area contributed by atoms with E-state index < -0.39 is 0 Å². The van der Waals surface area contributed by atoms with Crippen LogP contribution in [0.25, 0.3) is 10.9 Å². The van der Waals surface area contributed by atoms with Gasteiger partial charge in [0.2, 0.25) is 5.91 Å². The van der Waals surface area contributed by atoms with Crippen molar-refractivity contribution in [3.8, 4) is 0 Å². The minimum absolute atomic E-state index is 0.296. The van der Waals surface area contributed by atoms with Gasteiger partial charge in [-0.05, 0) is 50.4 Å². The average Bonchev–Trinajstić information content (AvgIpc) is 3.33. The van der Waals surface area contributed by atoms with Crippen LogP contribution in [-0.4, -0.2) is 52.4 Å². The van der Waals surface area contributed by atoms with Crippen LogP contribution in [0.3, 0.4) is 0 Å². The van der Waals surface area contributed by atoms with E-state index in [1.165, 1.54) is 31.2 Å². The summed E-state index contributed by atoms with van der Waals surface area (Å²) in [6, 6.07) is 9.24. The lowest BCUT2D eigenvalue weighted by Gasteiger charge is -2.34. The van der Waals surface area contributed by atoms with Crippen LogP contribution in [0.4, 0.5) is 0 Å². The molecular formula is C20H27N3O. The van der Waals surface area contributed by atoms with Crippen LogP contribution in [-0.2, 0) is 11.2 Å². The molecule has 2 aliphatic rings. The molecule has 0 aliphatic carbocycles. The quantitative estimate of drug-likeness (QED) is 0.938. The maximum Gasteiger partial charge on any atom is 0.227 e. The fourth-order valence-electron chi connectivity index (χ4n) is 4.72. The Morgan fingerprint density at radius 1 is 1.17 bits per heavy atom. The second-order valence-corrected chi connectivity index (χ2v) is 7.17. The second kappa shape index (κ2) is 6.60. The molecule has 2 unspecified atom stereocenters. The van der Waals surface area contributed by atoms with Crippen molar-refractivity contribution in [2.24, 2.45) is 0 Å². The molecule has 2 fully saturated rings. The lowest BCUT2D eigenvalue weighted by molar-refractivity contribution is -0.132. The van der Waals surface area contributed by atoms with E-state index in [1.54, 1.807) is 0 Å². The Labute approximate surface area is 143 Å². The highest BCUT2D eigenvalue weighted by Gasteiger charge is 2.38. The van der Waals surface area contributed by atoms with Gasteiger partial charge in [0.25, 0.3) is 0 Å². The minimum atomic E-state index is 0.296. The molecule has 0 bridgehead atoms. The number of para-hydroxylation sites is 1. The van der Waals surface area contributed by atoms with Crippen LogP contribution in [0.5, 0.6) is 0 Å². The van der Waals surface area contributed by atoms with Gasteiger partial charge in [-0.1, -0.05) is 25.1 Å². The number of likely N-dealkylation sites (N-methyl/N-ethyl adjacent to an activating group) is 1. The van der Waals surface area contributed by atoms with Gasteiger partial charge in [0.15, 0.2) is 0 Å². The highest BCUT2D eigenvalue weighted by Crippen LogP contribution is 2.30. The first-order valence-electron chi connectivity index (χ1n) is 9.36. The van der Waals surface area contributed by atoms with Crippen LogP contribution in [0, 0.1) is 0 Å². The number of aromatic amines is 1. The monoisotopic (exact) mass is 325 g/mol. The predicted octanol–water partition coefficient (Wildman–Crippen LogP) is 3.19. The third-order valence-electron chi connectivity index (χ3n) is 5.90. The number of carbonyl (C=O) groups excluding carboxylic acids is 1. The van der Waals surface area contributed by atoms with E-state index in [-0.39, 0.29) is 0 Å². The Bertz CT molecular complexity index is 722. The molecule has 2 saturated heterocycles. The number of H-pyrrole nitrogens is 1. The molecule has 24 heavy (non-hydrogen) atoms. The van der Waals surface area contributed by atoms with Crippen molar-refractivity contribution in [1.82, 2.24) is 14.8 Å². The molecule has 1 aromatic heterocycles. The molecule has 1 N–H and O–H groups in total. The maximum atomic E-state index is 13.0. The molecule has 128 valence electrons. The number of aromatic nitrogens is 1. The van der Waals surface area contributed by atoms with Crippen LogP contribution in [0.15, 0.2) is 30.5 Å². The van der Waals surface area contributed by atoms with E-state index in [0.717, 1.165) is 30.6 Å². The number of amides is 1. The third-order valence-corrected chi connectivity index (χ3v) is 5.90. The summed E-state index contributed by atoms with van der Waals surface area (Å²) < 4.78 is 0. The number of rotatable bonds is 4. The molecule has 1 amide bonds. The van der Waals surface area contributed by atoms with Gasteiger partial charge in [-0.15, -0.1) is 0 Å². The normalized spacial score (nSPS) is 25.0. The van der Waals surface area contributed by atoms with Crippen molar-refractivity contribution >= 4 is 16.8 Å². The third kappa shape index (κ3) is 2.73. The first kappa shape index (κ1) is 15.7. The van der Waals surface area contributed by atoms with Crippen LogP contribution >= 0.6 is 0 Å². The van der Waals surface area contributed by atoms with Crippen molar-refractivity contribution < 1.29 is 4.79 Å². The maximum absolute atomic E-state index is 13.0. The summed E-state index contributed by atoms with van der Waals surface area (Å²) in [5.41, 5.74) is 2.24. The molecule has 3 heterocycles. The van der Waals surface area contributed by atoms with E-state index in [0.29, 0.717) is 24.4 Å². The first-order chi connectivity index (χ1) is 11.8. The highest BCUT2D eigenvalue weighted by molar-refractivity contribution is 5.89. The molecule has 2 atom stereocenters. The predicted molar refractivity (Wildman–Crippen MR) is 97.0 cm³/mol. The number of carbonyl (C=O) groups is 1. The van der Waals surface area contributed by atoms with E-state index in [2.05, 4.69) is 33.8 Å². The van der Waals surface area contributed by atoms with Gasteiger partial charge in [-0.2, -0.15) is 0 Å². The lowest BCUT2D eigenvalue weighted by atomic mass is 10.0. The molecule has 4 rings (SSSR count). The Hall–Kier alpha value is -1.81. The molecule has 0 spiro atoms. The molecular weight excluding hydrogens is 298 g/mol. The van der Waals surface area contributed by atoms with Gasteiger partial charge in [-0.25, -0.2) is 0 Å². The Morgan fingerprint density at radius 2 is 1.96 bits per heavy atom. The Kier molecular flexibility index (Phi) is 4.31. The van der Waals surface area contributed by atoms with E-state index in [9.17, 15) is 4.79 Å². The zero-order chi connectivity index (χ0) is 16.5. The van der Waals surface area contributed by atoms with Gasteiger partial charge in [0, 0.05) is 35.7 Å². The van der Waals surface area contributed by atoms with Crippen molar-refractivity contribution in [2.45, 2.75) is 51.1 Å². The molecule has 4 heteroatoms. The molecule has 2 aliphatic heterocycles. The average molecular weight is 325 g/mol. The van der Waals surface area contributed by atoms with Gasteiger partial charge < -0.3 is 9.88 Å². The van der Waals surface area contributed by atoms with Crippen molar-refractivity contribution in [1.29, 1.82) is 0 Å². The minimum Gasteiger partial charge on any atom is -0.361 e. The summed E-state index contributed by atoms with van der Waals surface area (Å²) in [5.74, 6) is 0.296.